The number of nitrogens with zero attached hydrogens (tertiary/aromatic N) is 1. The minimum Gasteiger partial charge on any atom is -0.378 e. The third-order valence-corrected chi connectivity index (χ3v) is 3.59. The van der Waals surface area contributed by atoms with Crippen LogP contribution in [0.4, 0.5) is 0 Å². The van der Waals surface area contributed by atoms with Gasteiger partial charge < -0.3 is 4.74 Å². The van der Waals surface area contributed by atoms with Gasteiger partial charge in [-0.25, -0.2) is 0 Å². The maximum atomic E-state index is 12.1. The molecular formula is C12H12ClNO3S. The molecule has 0 bridgehead atoms. The van der Waals surface area contributed by atoms with E-state index in [0.717, 1.165) is 11.3 Å². The molecule has 0 saturated carbocycles. The molecule has 96 valence electrons. The molecule has 0 aliphatic carbocycles. The highest BCUT2D eigenvalue weighted by atomic mass is 35.5. The third kappa shape index (κ3) is 2.80. The average molecular weight is 286 g/mol. The van der Waals surface area contributed by atoms with Crippen molar-refractivity contribution in [2.45, 2.75) is 6.54 Å². The molecule has 1 aromatic carbocycles. The van der Waals surface area contributed by atoms with E-state index in [2.05, 4.69) is 0 Å². The summed E-state index contributed by atoms with van der Waals surface area (Å²) in [5, 5.41) is 0.569. The van der Waals surface area contributed by atoms with E-state index in [1.165, 1.54) is 4.57 Å². The summed E-state index contributed by atoms with van der Waals surface area (Å²) in [5.41, 5.74) is -0.260. The summed E-state index contributed by atoms with van der Waals surface area (Å²) in [4.78, 5) is 23.7. The number of rotatable bonds is 5. The van der Waals surface area contributed by atoms with Gasteiger partial charge >= 0.3 is 4.87 Å². The molecule has 0 radical (unpaired) electrons. The van der Waals surface area contributed by atoms with Crippen LogP contribution in [0.25, 0.3) is 10.1 Å². The standard InChI is InChI=1S/C12H12ClNO3S/c13-5-7-17-8-6-14-11(15)9-3-1-2-4-10(9)18-12(14)16/h1-4H,5-8H2. The summed E-state index contributed by atoms with van der Waals surface area (Å²) in [6, 6.07) is 7.10. The van der Waals surface area contributed by atoms with Crippen molar-refractivity contribution in [3.63, 3.8) is 0 Å². The van der Waals surface area contributed by atoms with Crippen LogP contribution in [-0.4, -0.2) is 23.7 Å². The first-order valence-corrected chi connectivity index (χ1v) is 6.85. The van der Waals surface area contributed by atoms with Gasteiger partial charge in [-0.1, -0.05) is 23.5 Å². The molecular weight excluding hydrogens is 274 g/mol. The van der Waals surface area contributed by atoms with Crippen molar-refractivity contribution in [1.82, 2.24) is 4.57 Å². The van der Waals surface area contributed by atoms with Crippen LogP contribution in [0.3, 0.4) is 0 Å². The topological polar surface area (TPSA) is 48.3 Å². The summed E-state index contributed by atoms with van der Waals surface area (Å²) in [6.45, 7) is 0.990. The van der Waals surface area contributed by atoms with E-state index in [-0.39, 0.29) is 17.0 Å². The van der Waals surface area contributed by atoms with Crippen LogP contribution in [0, 0.1) is 0 Å². The lowest BCUT2D eigenvalue weighted by Gasteiger charge is -2.05. The minimum absolute atomic E-state index is 0.256. The fourth-order valence-corrected chi connectivity index (χ4v) is 2.61. The molecule has 0 fully saturated rings. The molecule has 0 aliphatic heterocycles. The van der Waals surface area contributed by atoms with Gasteiger partial charge in [0.1, 0.15) is 0 Å². The summed E-state index contributed by atoms with van der Waals surface area (Å²) >= 11 is 6.54. The predicted octanol–water partition coefficient (Wildman–Crippen LogP) is 1.68. The van der Waals surface area contributed by atoms with E-state index in [1.54, 1.807) is 18.2 Å². The number of fused-ring (bicyclic) bond motifs is 1. The van der Waals surface area contributed by atoms with Gasteiger partial charge in [0.05, 0.1) is 25.1 Å². The van der Waals surface area contributed by atoms with Crippen LogP contribution in [0.15, 0.2) is 33.9 Å². The van der Waals surface area contributed by atoms with Crippen molar-refractivity contribution in [2.75, 3.05) is 19.1 Å². The summed E-state index contributed by atoms with van der Waals surface area (Å²) < 4.78 is 7.11. The number of hydrogen-bond acceptors (Lipinski definition) is 4. The highest BCUT2D eigenvalue weighted by molar-refractivity contribution is 7.16. The molecule has 4 nitrogen and oxygen atoms in total. The van der Waals surface area contributed by atoms with Crippen LogP contribution in [-0.2, 0) is 11.3 Å². The fourth-order valence-electron chi connectivity index (χ4n) is 1.62. The maximum Gasteiger partial charge on any atom is 0.310 e. The lowest BCUT2D eigenvalue weighted by molar-refractivity contribution is 0.139. The van der Waals surface area contributed by atoms with Crippen molar-refractivity contribution in [1.29, 1.82) is 0 Å². The molecule has 0 N–H and O–H groups in total. The van der Waals surface area contributed by atoms with Crippen LogP contribution in [0.5, 0.6) is 0 Å². The normalized spacial score (nSPS) is 10.9. The van der Waals surface area contributed by atoms with Gasteiger partial charge in [0.25, 0.3) is 5.56 Å². The van der Waals surface area contributed by atoms with E-state index in [0.29, 0.717) is 29.2 Å². The Hall–Kier alpha value is -1.17. The Bertz CT molecular complexity index is 650. The van der Waals surface area contributed by atoms with Crippen molar-refractivity contribution < 1.29 is 4.74 Å². The van der Waals surface area contributed by atoms with E-state index < -0.39 is 0 Å². The van der Waals surface area contributed by atoms with Crippen molar-refractivity contribution in [2.24, 2.45) is 0 Å². The predicted molar refractivity (Wildman–Crippen MR) is 73.9 cm³/mol. The van der Waals surface area contributed by atoms with Gasteiger partial charge in [-0.3, -0.25) is 14.2 Å². The number of alkyl halides is 1. The number of ether oxygens (including phenoxy) is 1. The maximum absolute atomic E-state index is 12.1. The second kappa shape index (κ2) is 6.13. The molecule has 0 spiro atoms. The lowest BCUT2D eigenvalue weighted by Crippen LogP contribution is -2.32. The molecule has 0 amide bonds. The van der Waals surface area contributed by atoms with Gasteiger partial charge in [-0.2, -0.15) is 0 Å². The fraction of sp³-hybridized carbons (Fsp3) is 0.333. The smallest absolute Gasteiger partial charge is 0.310 e. The number of hydrogen-bond donors (Lipinski definition) is 0. The first-order valence-electron chi connectivity index (χ1n) is 5.50. The minimum atomic E-state index is -0.260. The zero-order valence-electron chi connectivity index (χ0n) is 9.60. The summed E-state index contributed by atoms with van der Waals surface area (Å²) in [7, 11) is 0. The van der Waals surface area contributed by atoms with Gasteiger partial charge in [0.15, 0.2) is 0 Å². The highest BCUT2D eigenvalue weighted by Gasteiger charge is 2.07. The third-order valence-electron chi connectivity index (χ3n) is 2.46. The quantitative estimate of drug-likeness (QED) is 0.620. The molecule has 0 atom stereocenters. The van der Waals surface area contributed by atoms with E-state index in [4.69, 9.17) is 16.3 Å². The SMILES string of the molecule is O=c1sc2ccccc2c(=O)n1CCOCCCl. The number of benzene rings is 1. The van der Waals surface area contributed by atoms with Crippen molar-refractivity contribution >= 4 is 33.0 Å². The monoisotopic (exact) mass is 285 g/mol. The first kappa shape index (κ1) is 13.3. The number of halogens is 1. The van der Waals surface area contributed by atoms with E-state index >= 15 is 0 Å². The van der Waals surface area contributed by atoms with Gasteiger partial charge in [0.2, 0.25) is 0 Å². The zero-order valence-corrected chi connectivity index (χ0v) is 11.2. The second-order valence-corrected chi connectivity index (χ2v) is 4.99. The molecule has 1 aromatic heterocycles. The Morgan fingerprint density at radius 1 is 1.22 bits per heavy atom. The van der Waals surface area contributed by atoms with Gasteiger partial charge in [-0.05, 0) is 12.1 Å². The number of aromatic nitrogens is 1. The molecule has 2 rings (SSSR count). The Morgan fingerprint density at radius 2 is 2.00 bits per heavy atom. The molecule has 0 aliphatic rings. The Morgan fingerprint density at radius 3 is 2.78 bits per heavy atom. The average Bonchev–Trinajstić information content (AvgIpc) is 2.38. The second-order valence-electron chi connectivity index (χ2n) is 3.62. The largest absolute Gasteiger partial charge is 0.378 e. The molecule has 1 heterocycles. The van der Waals surface area contributed by atoms with Crippen LogP contribution >= 0.6 is 22.9 Å². The first-order chi connectivity index (χ1) is 8.74. The Balaban J connectivity index is 2.33. The van der Waals surface area contributed by atoms with Crippen LogP contribution < -0.4 is 10.4 Å². The van der Waals surface area contributed by atoms with Gasteiger partial charge in [-0.15, -0.1) is 11.6 Å². The molecule has 0 saturated heterocycles. The Labute approximate surface area is 112 Å². The highest BCUT2D eigenvalue weighted by Crippen LogP contribution is 2.10. The van der Waals surface area contributed by atoms with E-state index in [1.807, 2.05) is 6.07 Å². The Kier molecular flexibility index (Phi) is 4.52. The zero-order chi connectivity index (χ0) is 13.0. The summed E-state index contributed by atoms with van der Waals surface area (Å²) in [6.07, 6.45) is 0. The van der Waals surface area contributed by atoms with E-state index in [9.17, 15) is 9.59 Å². The molecule has 6 heteroatoms. The van der Waals surface area contributed by atoms with Crippen molar-refractivity contribution in [3.8, 4) is 0 Å². The van der Waals surface area contributed by atoms with Crippen LogP contribution in [0.2, 0.25) is 0 Å². The van der Waals surface area contributed by atoms with Crippen molar-refractivity contribution in [3.05, 3.63) is 44.3 Å². The lowest BCUT2D eigenvalue weighted by atomic mass is 10.3. The van der Waals surface area contributed by atoms with Gasteiger partial charge in [0, 0.05) is 10.6 Å². The molecule has 2 aromatic rings. The molecule has 0 unspecified atom stereocenters. The molecule has 18 heavy (non-hydrogen) atoms. The summed E-state index contributed by atoms with van der Waals surface area (Å²) in [5.74, 6) is 0.402. The van der Waals surface area contributed by atoms with Crippen LogP contribution in [0.1, 0.15) is 0 Å².